The highest BCUT2D eigenvalue weighted by molar-refractivity contribution is 5.90. The largest absolute Gasteiger partial charge is 0.408 e. The van der Waals surface area contributed by atoms with E-state index in [0.717, 1.165) is 25.9 Å². The van der Waals surface area contributed by atoms with Crippen molar-refractivity contribution in [2.45, 2.75) is 40.0 Å². The van der Waals surface area contributed by atoms with Crippen LogP contribution in [0.5, 0.6) is 0 Å². The highest BCUT2D eigenvalue weighted by atomic mass is 16.4. The smallest absolute Gasteiger partial charge is 0.322 e. The van der Waals surface area contributed by atoms with Gasteiger partial charge in [0.25, 0.3) is 0 Å². The van der Waals surface area contributed by atoms with E-state index < -0.39 is 0 Å². The maximum Gasteiger partial charge on any atom is 0.322 e. The average molecular weight is 254 g/mol. The van der Waals surface area contributed by atoms with Crippen LogP contribution in [0.2, 0.25) is 0 Å². The number of nitrogens with zero attached hydrogens (tertiary/aromatic N) is 3. The number of carbonyl (C=O) groups excluding carboxylic acids is 1. The standard InChI is InChI=1S/C12H22N4O2/c1-4-7-16(8-5-2)9-10(17)13-12-15-14-11(6-3)18-12/h4-9H2,1-3H3,(H,13,15,17). The minimum absolute atomic E-state index is 0.108. The van der Waals surface area contributed by atoms with E-state index in [-0.39, 0.29) is 11.9 Å². The number of nitrogens with one attached hydrogen (secondary N) is 1. The van der Waals surface area contributed by atoms with Gasteiger partial charge in [-0.3, -0.25) is 15.0 Å². The monoisotopic (exact) mass is 254 g/mol. The number of amides is 1. The fourth-order valence-corrected chi connectivity index (χ4v) is 1.71. The van der Waals surface area contributed by atoms with E-state index in [9.17, 15) is 4.79 Å². The van der Waals surface area contributed by atoms with Crippen LogP contribution in [0.25, 0.3) is 0 Å². The topological polar surface area (TPSA) is 71.3 Å². The first-order chi connectivity index (χ1) is 8.69. The van der Waals surface area contributed by atoms with Crippen LogP contribution in [0.4, 0.5) is 6.01 Å². The third kappa shape index (κ3) is 4.83. The minimum atomic E-state index is -0.108. The second kappa shape index (κ2) is 7.81. The molecule has 0 saturated heterocycles. The van der Waals surface area contributed by atoms with Crippen LogP contribution in [-0.2, 0) is 11.2 Å². The molecule has 6 nitrogen and oxygen atoms in total. The summed E-state index contributed by atoms with van der Waals surface area (Å²) in [6, 6.07) is 0.185. The first-order valence-electron chi connectivity index (χ1n) is 6.54. The molecule has 0 saturated carbocycles. The van der Waals surface area contributed by atoms with E-state index in [1.807, 2.05) is 6.92 Å². The van der Waals surface area contributed by atoms with Crippen molar-refractivity contribution in [3.8, 4) is 0 Å². The number of rotatable bonds is 8. The Morgan fingerprint density at radius 2 is 1.89 bits per heavy atom. The fourth-order valence-electron chi connectivity index (χ4n) is 1.71. The molecule has 0 spiro atoms. The van der Waals surface area contributed by atoms with E-state index in [0.29, 0.717) is 18.9 Å². The van der Waals surface area contributed by atoms with E-state index in [1.165, 1.54) is 0 Å². The molecule has 0 aliphatic rings. The first kappa shape index (κ1) is 14.6. The third-order valence-electron chi connectivity index (χ3n) is 2.46. The van der Waals surface area contributed by atoms with Gasteiger partial charge in [0.05, 0.1) is 6.54 Å². The Bertz CT molecular complexity index is 359. The Labute approximate surface area is 108 Å². The average Bonchev–Trinajstić information content (AvgIpc) is 2.77. The molecule has 0 unspecified atom stereocenters. The Morgan fingerprint density at radius 1 is 1.22 bits per heavy atom. The first-order valence-corrected chi connectivity index (χ1v) is 6.54. The van der Waals surface area contributed by atoms with Crippen molar-refractivity contribution in [1.29, 1.82) is 0 Å². The van der Waals surface area contributed by atoms with Gasteiger partial charge in [0.15, 0.2) is 0 Å². The molecule has 0 aliphatic heterocycles. The summed E-state index contributed by atoms with van der Waals surface area (Å²) in [5.41, 5.74) is 0. The molecule has 1 amide bonds. The molecule has 0 aromatic carbocycles. The van der Waals surface area contributed by atoms with Crippen molar-refractivity contribution in [1.82, 2.24) is 15.1 Å². The van der Waals surface area contributed by atoms with Gasteiger partial charge in [0.2, 0.25) is 11.8 Å². The lowest BCUT2D eigenvalue weighted by atomic mass is 10.3. The minimum Gasteiger partial charge on any atom is -0.408 e. The summed E-state index contributed by atoms with van der Waals surface area (Å²) < 4.78 is 5.23. The lowest BCUT2D eigenvalue weighted by molar-refractivity contribution is -0.117. The Hall–Kier alpha value is -1.43. The molecule has 1 N–H and O–H groups in total. The highest BCUT2D eigenvalue weighted by Crippen LogP contribution is 2.05. The van der Waals surface area contributed by atoms with Gasteiger partial charge in [-0.15, -0.1) is 5.10 Å². The van der Waals surface area contributed by atoms with E-state index in [2.05, 4.69) is 34.3 Å². The molecule has 0 radical (unpaired) electrons. The van der Waals surface area contributed by atoms with Crippen molar-refractivity contribution in [3.63, 3.8) is 0 Å². The molecule has 6 heteroatoms. The maximum absolute atomic E-state index is 11.8. The van der Waals surface area contributed by atoms with Gasteiger partial charge in [0, 0.05) is 6.42 Å². The van der Waals surface area contributed by atoms with Gasteiger partial charge in [-0.1, -0.05) is 25.9 Å². The Morgan fingerprint density at radius 3 is 2.39 bits per heavy atom. The molecule has 0 atom stereocenters. The zero-order valence-corrected chi connectivity index (χ0v) is 11.4. The zero-order chi connectivity index (χ0) is 13.4. The number of hydrogen-bond acceptors (Lipinski definition) is 5. The summed E-state index contributed by atoms with van der Waals surface area (Å²) >= 11 is 0. The summed E-state index contributed by atoms with van der Waals surface area (Å²) in [4.78, 5) is 13.9. The molecule has 18 heavy (non-hydrogen) atoms. The Balaban J connectivity index is 2.43. The van der Waals surface area contributed by atoms with Crippen molar-refractivity contribution in [2.75, 3.05) is 25.0 Å². The zero-order valence-electron chi connectivity index (χ0n) is 11.4. The molecule has 1 aromatic rings. The molecule has 0 aliphatic carbocycles. The van der Waals surface area contributed by atoms with Crippen LogP contribution in [0, 0.1) is 0 Å². The number of aromatic nitrogens is 2. The van der Waals surface area contributed by atoms with Gasteiger partial charge in [-0.25, -0.2) is 0 Å². The summed E-state index contributed by atoms with van der Waals surface area (Å²) in [7, 11) is 0. The summed E-state index contributed by atoms with van der Waals surface area (Å²) in [5.74, 6) is 0.424. The van der Waals surface area contributed by atoms with Gasteiger partial charge in [0.1, 0.15) is 0 Å². The number of carbonyl (C=O) groups is 1. The van der Waals surface area contributed by atoms with Gasteiger partial charge in [-0.2, -0.15) is 0 Å². The number of aryl methyl sites for hydroxylation is 1. The van der Waals surface area contributed by atoms with E-state index in [1.54, 1.807) is 0 Å². The molecule has 102 valence electrons. The van der Waals surface area contributed by atoms with Crippen molar-refractivity contribution >= 4 is 11.9 Å². The maximum atomic E-state index is 11.8. The summed E-state index contributed by atoms with van der Waals surface area (Å²) in [6.45, 7) is 8.34. The van der Waals surface area contributed by atoms with Crippen molar-refractivity contribution < 1.29 is 9.21 Å². The second-order valence-electron chi connectivity index (χ2n) is 4.18. The SMILES string of the molecule is CCCN(CCC)CC(=O)Nc1nnc(CC)o1. The third-order valence-corrected chi connectivity index (χ3v) is 2.46. The predicted octanol–water partition coefficient (Wildman–Crippen LogP) is 1.69. The molecule has 0 bridgehead atoms. The lowest BCUT2D eigenvalue weighted by Gasteiger charge is -2.19. The number of anilines is 1. The highest BCUT2D eigenvalue weighted by Gasteiger charge is 2.12. The van der Waals surface area contributed by atoms with Crippen LogP contribution in [-0.4, -0.2) is 40.6 Å². The lowest BCUT2D eigenvalue weighted by Crippen LogP contribution is -2.34. The molecule has 1 aromatic heterocycles. The Kier molecular flexibility index (Phi) is 6.35. The van der Waals surface area contributed by atoms with E-state index in [4.69, 9.17) is 4.42 Å². The van der Waals surface area contributed by atoms with Crippen LogP contribution >= 0.6 is 0 Å². The van der Waals surface area contributed by atoms with Gasteiger partial charge in [-0.05, 0) is 25.9 Å². The molecule has 1 rings (SSSR count). The molecular formula is C12H22N4O2. The van der Waals surface area contributed by atoms with Crippen molar-refractivity contribution in [3.05, 3.63) is 5.89 Å². The molecule has 1 heterocycles. The van der Waals surface area contributed by atoms with Gasteiger partial charge < -0.3 is 4.42 Å². The van der Waals surface area contributed by atoms with Crippen LogP contribution in [0.3, 0.4) is 0 Å². The van der Waals surface area contributed by atoms with Crippen LogP contribution in [0.1, 0.15) is 39.5 Å². The molecule has 0 fully saturated rings. The quantitative estimate of drug-likeness (QED) is 0.764. The summed E-state index contributed by atoms with van der Waals surface area (Å²) in [5, 5.41) is 10.2. The molecular weight excluding hydrogens is 232 g/mol. The fraction of sp³-hybridized carbons (Fsp3) is 0.750. The van der Waals surface area contributed by atoms with Gasteiger partial charge >= 0.3 is 6.01 Å². The normalized spacial score (nSPS) is 10.9. The summed E-state index contributed by atoms with van der Waals surface area (Å²) in [6.07, 6.45) is 2.74. The van der Waals surface area contributed by atoms with Crippen LogP contribution < -0.4 is 5.32 Å². The van der Waals surface area contributed by atoms with E-state index >= 15 is 0 Å². The number of hydrogen-bond donors (Lipinski definition) is 1. The second-order valence-corrected chi connectivity index (χ2v) is 4.18. The van der Waals surface area contributed by atoms with Crippen LogP contribution in [0.15, 0.2) is 4.42 Å². The predicted molar refractivity (Wildman–Crippen MR) is 69.3 cm³/mol. The van der Waals surface area contributed by atoms with Crippen molar-refractivity contribution in [2.24, 2.45) is 0 Å².